The van der Waals surface area contributed by atoms with Crippen LogP contribution < -0.4 is 0 Å². The van der Waals surface area contributed by atoms with Crippen molar-refractivity contribution in [3.8, 4) is 0 Å². The number of fused-ring (bicyclic) bond motifs is 1. The van der Waals surface area contributed by atoms with Gasteiger partial charge < -0.3 is 4.57 Å². The van der Waals surface area contributed by atoms with E-state index in [1.165, 1.54) is 0 Å². The Labute approximate surface area is 131 Å². The van der Waals surface area contributed by atoms with Crippen LogP contribution in [-0.4, -0.2) is 14.5 Å². The normalized spacial score (nSPS) is 11.2. The van der Waals surface area contributed by atoms with Crippen molar-refractivity contribution in [1.82, 2.24) is 14.5 Å². The maximum atomic E-state index is 6.10. The molecule has 0 N–H and O–H groups in total. The third-order valence-electron chi connectivity index (χ3n) is 3.05. The second-order valence-electron chi connectivity index (χ2n) is 4.36. The minimum Gasteiger partial charge on any atom is -0.322 e. The van der Waals surface area contributed by atoms with Crippen LogP contribution in [0, 0.1) is 0 Å². The van der Waals surface area contributed by atoms with E-state index in [4.69, 9.17) is 34.8 Å². The second kappa shape index (κ2) is 5.60. The Bertz CT molecular complexity index is 753. The minimum absolute atomic E-state index is 0.324. The average molecular weight is 327 g/mol. The molecule has 0 aliphatic rings. The summed E-state index contributed by atoms with van der Waals surface area (Å²) < 4.78 is 2.03. The van der Waals surface area contributed by atoms with Gasteiger partial charge in [0.1, 0.15) is 5.82 Å². The van der Waals surface area contributed by atoms with E-state index in [-0.39, 0.29) is 0 Å². The van der Waals surface area contributed by atoms with Gasteiger partial charge in [-0.05, 0) is 23.8 Å². The number of benzene rings is 1. The van der Waals surface area contributed by atoms with Gasteiger partial charge in [0.15, 0.2) is 0 Å². The van der Waals surface area contributed by atoms with Gasteiger partial charge in [-0.15, -0.1) is 11.6 Å². The summed E-state index contributed by atoms with van der Waals surface area (Å²) in [5.41, 5.74) is 2.78. The summed E-state index contributed by atoms with van der Waals surface area (Å²) in [6, 6.07) is 7.49. The number of nitrogens with zero attached hydrogens (tertiary/aromatic N) is 3. The monoisotopic (exact) mass is 325 g/mol. The lowest BCUT2D eigenvalue weighted by molar-refractivity contribution is 0.775. The maximum Gasteiger partial charge on any atom is 0.125 e. The first-order chi connectivity index (χ1) is 9.69. The molecule has 3 rings (SSSR count). The first kappa shape index (κ1) is 13.7. The summed E-state index contributed by atoms with van der Waals surface area (Å²) in [5, 5.41) is 0.999. The maximum absolute atomic E-state index is 6.10. The van der Waals surface area contributed by atoms with Crippen LogP contribution in [0.1, 0.15) is 11.4 Å². The van der Waals surface area contributed by atoms with Gasteiger partial charge in [0.25, 0.3) is 0 Å². The van der Waals surface area contributed by atoms with E-state index >= 15 is 0 Å². The fourth-order valence-corrected chi connectivity index (χ4v) is 2.64. The molecule has 0 fully saturated rings. The number of alkyl halides is 1. The number of hydrogen-bond acceptors (Lipinski definition) is 2. The number of halogens is 3. The zero-order valence-electron chi connectivity index (χ0n) is 10.4. The quantitative estimate of drug-likeness (QED) is 0.662. The highest BCUT2D eigenvalue weighted by Crippen LogP contribution is 2.29. The van der Waals surface area contributed by atoms with Crippen molar-refractivity contribution >= 4 is 45.8 Å². The second-order valence-corrected chi connectivity index (χ2v) is 5.45. The molecule has 0 saturated carbocycles. The highest BCUT2D eigenvalue weighted by Gasteiger charge is 2.12. The van der Waals surface area contributed by atoms with Crippen LogP contribution in [0.2, 0.25) is 10.0 Å². The van der Waals surface area contributed by atoms with Gasteiger partial charge in [0.05, 0.1) is 33.5 Å². The van der Waals surface area contributed by atoms with Crippen LogP contribution in [0.25, 0.3) is 11.0 Å². The summed E-state index contributed by atoms with van der Waals surface area (Å²) in [5.74, 6) is 1.10. The van der Waals surface area contributed by atoms with E-state index in [1.807, 2.05) is 29.0 Å². The average Bonchev–Trinajstić information content (AvgIpc) is 2.78. The van der Waals surface area contributed by atoms with Crippen molar-refractivity contribution in [2.45, 2.75) is 12.4 Å². The predicted molar refractivity (Wildman–Crippen MR) is 82.6 cm³/mol. The fraction of sp³-hybridized carbons (Fsp3) is 0.143. The number of hydrogen-bond donors (Lipinski definition) is 0. The third-order valence-corrected chi connectivity index (χ3v) is 4.01. The predicted octanol–water partition coefficient (Wildman–Crippen LogP) is 4.53. The molecule has 0 aliphatic heterocycles. The molecule has 0 atom stereocenters. The molecular formula is C14H10Cl3N3. The highest BCUT2D eigenvalue weighted by molar-refractivity contribution is 6.42. The fourth-order valence-electron chi connectivity index (χ4n) is 2.12. The lowest BCUT2D eigenvalue weighted by Gasteiger charge is -2.08. The van der Waals surface area contributed by atoms with Crippen molar-refractivity contribution in [2.24, 2.45) is 0 Å². The van der Waals surface area contributed by atoms with Crippen molar-refractivity contribution in [1.29, 1.82) is 0 Å². The summed E-state index contributed by atoms with van der Waals surface area (Å²) in [6.45, 7) is 0.643. The summed E-state index contributed by atoms with van der Waals surface area (Å²) >= 11 is 18.1. The third kappa shape index (κ3) is 2.49. The van der Waals surface area contributed by atoms with Gasteiger partial charge in [-0.1, -0.05) is 29.3 Å². The first-order valence-electron chi connectivity index (χ1n) is 5.98. The Morgan fingerprint density at radius 1 is 1.15 bits per heavy atom. The molecule has 2 aromatic heterocycles. The Balaban J connectivity index is 2.15. The Morgan fingerprint density at radius 3 is 2.65 bits per heavy atom. The summed E-state index contributed by atoms with van der Waals surface area (Å²) in [6.07, 6.45) is 3.57. The molecule has 0 unspecified atom stereocenters. The molecule has 20 heavy (non-hydrogen) atoms. The Hall–Kier alpha value is -1.29. The molecule has 0 aliphatic carbocycles. The zero-order valence-corrected chi connectivity index (χ0v) is 12.6. The SMILES string of the molecule is ClCc1nc2cc(Cl)c(Cl)cc2n1Cc1cccnc1. The van der Waals surface area contributed by atoms with E-state index in [0.29, 0.717) is 22.5 Å². The van der Waals surface area contributed by atoms with E-state index in [2.05, 4.69) is 9.97 Å². The standard InChI is InChI=1S/C14H10Cl3N3/c15-6-14-19-12-4-10(16)11(17)5-13(12)20(14)8-9-2-1-3-18-7-9/h1-5,7H,6,8H2. The molecule has 2 heterocycles. The van der Waals surface area contributed by atoms with Gasteiger partial charge in [-0.25, -0.2) is 4.98 Å². The number of rotatable bonds is 3. The van der Waals surface area contributed by atoms with E-state index in [9.17, 15) is 0 Å². The van der Waals surface area contributed by atoms with Gasteiger partial charge >= 0.3 is 0 Å². The van der Waals surface area contributed by atoms with Gasteiger partial charge in [0, 0.05) is 12.4 Å². The molecule has 102 valence electrons. The van der Waals surface area contributed by atoms with Crippen molar-refractivity contribution in [3.05, 3.63) is 58.1 Å². The zero-order chi connectivity index (χ0) is 14.1. The summed E-state index contributed by atoms with van der Waals surface area (Å²) in [4.78, 5) is 8.62. The van der Waals surface area contributed by atoms with Crippen LogP contribution >= 0.6 is 34.8 Å². The van der Waals surface area contributed by atoms with Crippen LogP contribution in [0.3, 0.4) is 0 Å². The molecule has 1 aromatic carbocycles. The van der Waals surface area contributed by atoms with Crippen LogP contribution in [0.5, 0.6) is 0 Å². The highest BCUT2D eigenvalue weighted by atomic mass is 35.5. The summed E-state index contributed by atoms with van der Waals surface area (Å²) in [7, 11) is 0. The largest absolute Gasteiger partial charge is 0.322 e. The number of aromatic nitrogens is 3. The molecule has 0 bridgehead atoms. The van der Waals surface area contributed by atoms with E-state index in [0.717, 1.165) is 22.4 Å². The van der Waals surface area contributed by atoms with Crippen molar-refractivity contribution in [3.63, 3.8) is 0 Å². The molecule has 3 aromatic rings. The topological polar surface area (TPSA) is 30.7 Å². The molecule has 0 spiro atoms. The number of pyridine rings is 1. The Kier molecular flexibility index (Phi) is 3.83. The van der Waals surface area contributed by atoms with E-state index in [1.54, 1.807) is 12.3 Å². The van der Waals surface area contributed by atoms with Crippen LogP contribution in [0.4, 0.5) is 0 Å². The van der Waals surface area contributed by atoms with Crippen LogP contribution in [-0.2, 0) is 12.4 Å². The van der Waals surface area contributed by atoms with Gasteiger partial charge in [-0.3, -0.25) is 4.98 Å². The first-order valence-corrected chi connectivity index (χ1v) is 7.27. The number of imidazole rings is 1. The lowest BCUT2D eigenvalue weighted by Crippen LogP contribution is -2.04. The lowest BCUT2D eigenvalue weighted by atomic mass is 10.2. The molecule has 0 saturated heterocycles. The van der Waals surface area contributed by atoms with Crippen LogP contribution in [0.15, 0.2) is 36.7 Å². The molecule has 3 nitrogen and oxygen atoms in total. The van der Waals surface area contributed by atoms with Gasteiger partial charge in [-0.2, -0.15) is 0 Å². The minimum atomic E-state index is 0.324. The van der Waals surface area contributed by atoms with Crippen molar-refractivity contribution < 1.29 is 0 Å². The molecule has 6 heteroatoms. The Morgan fingerprint density at radius 2 is 1.95 bits per heavy atom. The van der Waals surface area contributed by atoms with E-state index < -0.39 is 0 Å². The molecule has 0 amide bonds. The smallest absolute Gasteiger partial charge is 0.125 e. The van der Waals surface area contributed by atoms with Crippen molar-refractivity contribution in [2.75, 3.05) is 0 Å². The molecule has 0 radical (unpaired) electrons. The van der Waals surface area contributed by atoms with Gasteiger partial charge in [0.2, 0.25) is 0 Å². The molecular weight excluding hydrogens is 317 g/mol.